The van der Waals surface area contributed by atoms with Crippen LogP contribution >= 0.6 is 11.6 Å². The number of rotatable bonds is 5. The molecular weight excluding hydrogens is 464 g/mol. The van der Waals surface area contributed by atoms with Crippen LogP contribution < -0.4 is 15.0 Å². The highest BCUT2D eigenvalue weighted by Crippen LogP contribution is 2.35. The summed E-state index contributed by atoms with van der Waals surface area (Å²) in [4.78, 5) is 15.9. The largest absolute Gasteiger partial charge is 0.486 e. The number of halogens is 1. The van der Waals surface area contributed by atoms with E-state index in [-0.39, 0.29) is 28.1 Å². The number of H-pyrrole nitrogens is 1. The number of aromatic nitrogens is 1. The lowest BCUT2D eigenvalue weighted by Gasteiger charge is -2.33. The van der Waals surface area contributed by atoms with Crippen LogP contribution in [0, 0.1) is 0 Å². The van der Waals surface area contributed by atoms with Crippen molar-refractivity contribution in [3.05, 3.63) is 63.4 Å². The van der Waals surface area contributed by atoms with Gasteiger partial charge in [-0.3, -0.25) is 4.79 Å². The zero-order chi connectivity index (χ0) is 23.0. The van der Waals surface area contributed by atoms with Crippen molar-refractivity contribution in [1.29, 1.82) is 0 Å². The monoisotopic (exact) mass is 488 g/mol. The third-order valence-electron chi connectivity index (χ3n) is 6.32. The van der Waals surface area contributed by atoms with E-state index >= 15 is 0 Å². The number of hydrogen-bond donors (Lipinski definition) is 1. The number of aromatic amines is 1. The molecule has 5 rings (SSSR count). The molecule has 0 saturated heterocycles. The second kappa shape index (κ2) is 9.00. The molecule has 9 heteroatoms. The van der Waals surface area contributed by atoms with Crippen LogP contribution in [0.3, 0.4) is 0 Å². The molecule has 33 heavy (non-hydrogen) atoms. The molecule has 2 heterocycles. The summed E-state index contributed by atoms with van der Waals surface area (Å²) >= 11 is 6.27. The van der Waals surface area contributed by atoms with Gasteiger partial charge in [0.2, 0.25) is 10.0 Å². The van der Waals surface area contributed by atoms with Crippen molar-refractivity contribution in [3.63, 3.8) is 0 Å². The second-order valence-electron chi connectivity index (χ2n) is 8.48. The molecule has 3 aromatic rings. The molecule has 7 nitrogen and oxygen atoms in total. The summed E-state index contributed by atoms with van der Waals surface area (Å²) in [7, 11) is -3.91. The first-order valence-electron chi connectivity index (χ1n) is 11.2. The summed E-state index contributed by atoms with van der Waals surface area (Å²) in [5, 5.41) is 0.932. The molecule has 174 valence electrons. The van der Waals surface area contributed by atoms with Gasteiger partial charge in [-0.15, -0.1) is 0 Å². The second-order valence-corrected chi connectivity index (χ2v) is 10.7. The van der Waals surface area contributed by atoms with Gasteiger partial charge in [-0.2, -0.15) is 4.31 Å². The van der Waals surface area contributed by atoms with E-state index in [1.54, 1.807) is 30.3 Å². The predicted molar refractivity (Wildman–Crippen MR) is 127 cm³/mol. The van der Waals surface area contributed by atoms with E-state index in [9.17, 15) is 13.2 Å². The fourth-order valence-electron chi connectivity index (χ4n) is 4.63. The van der Waals surface area contributed by atoms with E-state index in [1.807, 2.05) is 6.07 Å². The summed E-state index contributed by atoms with van der Waals surface area (Å²) < 4.78 is 40.2. The van der Waals surface area contributed by atoms with E-state index in [0.717, 1.165) is 37.5 Å². The Morgan fingerprint density at radius 3 is 2.42 bits per heavy atom. The molecule has 0 bridgehead atoms. The first-order chi connectivity index (χ1) is 15.9. The molecule has 1 saturated carbocycles. The van der Waals surface area contributed by atoms with Crippen LogP contribution in [0.5, 0.6) is 11.5 Å². The average Bonchev–Trinajstić information content (AvgIpc) is 2.82. The minimum atomic E-state index is -3.91. The number of hydrogen-bond acceptors (Lipinski definition) is 5. The molecule has 0 spiro atoms. The van der Waals surface area contributed by atoms with Crippen LogP contribution in [0.15, 0.2) is 52.2 Å². The number of benzene rings is 2. The summed E-state index contributed by atoms with van der Waals surface area (Å²) in [6, 6.07) is 11.6. The predicted octanol–water partition coefficient (Wildman–Crippen LogP) is 4.48. The van der Waals surface area contributed by atoms with Gasteiger partial charge >= 0.3 is 0 Å². The number of nitrogens with one attached hydrogen (secondary N) is 1. The molecule has 1 fully saturated rings. The summed E-state index contributed by atoms with van der Waals surface area (Å²) in [6.45, 7) is 0.884. The first kappa shape index (κ1) is 22.3. The van der Waals surface area contributed by atoms with Gasteiger partial charge in [0.15, 0.2) is 11.5 Å². The minimum absolute atomic E-state index is 0.0298. The summed E-state index contributed by atoms with van der Waals surface area (Å²) in [6.07, 6.45) is 4.51. The zero-order valence-corrected chi connectivity index (χ0v) is 19.6. The van der Waals surface area contributed by atoms with Crippen LogP contribution in [0.25, 0.3) is 10.9 Å². The van der Waals surface area contributed by atoms with Crippen LogP contribution in [-0.2, 0) is 16.6 Å². The maximum atomic E-state index is 13.7. The molecule has 1 aliphatic carbocycles. The van der Waals surface area contributed by atoms with E-state index in [2.05, 4.69) is 4.98 Å². The Morgan fingerprint density at radius 2 is 1.70 bits per heavy atom. The van der Waals surface area contributed by atoms with Crippen molar-refractivity contribution in [2.45, 2.75) is 49.6 Å². The Hall–Kier alpha value is -2.55. The lowest BCUT2D eigenvalue weighted by Crippen LogP contribution is -2.42. The maximum Gasteiger partial charge on any atom is 0.252 e. The highest BCUT2D eigenvalue weighted by atomic mass is 35.5. The van der Waals surface area contributed by atoms with Gasteiger partial charge in [-0.05, 0) is 37.1 Å². The number of pyridine rings is 1. The molecule has 1 N–H and O–H groups in total. The van der Waals surface area contributed by atoms with Crippen LogP contribution in [-0.4, -0.2) is 37.0 Å². The van der Waals surface area contributed by atoms with Gasteiger partial charge in [0, 0.05) is 29.6 Å². The van der Waals surface area contributed by atoms with Gasteiger partial charge in [-0.25, -0.2) is 8.42 Å². The normalized spacial score (nSPS) is 16.9. The van der Waals surface area contributed by atoms with Crippen LogP contribution in [0.4, 0.5) is 0 Å². The molecule has 0 radical (unpaired) electrons. The average molecular weight is 489 g/mol. The molecule has 0 amide bonds. The SMILES string of the molecule is O=c1[nH]c2cc3c(cc2cc1CN(C1CCCCC1)S(=O)(=O)c1ccccc1Cl)OCCO3. The number of sulfonamides is 1. The van der Waals surface area contributed by atoms with Gasteiger partial charge in [0.25, 0.3) is 5.56 Å². The minimum Gasteiger partial charge on any atom is -0.486 e. The lowest BCUT2D eigenvalue weighted by atomic mass is 9.95. The van der Waals surface area contributed by atoms with Crippen molar-refractivity contribution in [2.24, 2.45) is 0 Å². The molecule has 1 aliphatic heterocycles. The number of ether oxygens (including phenoxy) is 2. The zero-order valence-electron chi connectivity index (χ0n) is 18.1. The summed E-state index contributed by atoms with van der Waals surface area (Å²) in [5.74, 6) is 1.20. The van der Waals surface area contributed by atoms with Crippen molar-refractivity contribution < 1.29 is 17.9 Å². The van der Waals surface area contributed by atoms with Crippen molar-refractivity contribution >= 4 is 32.5 Å². The highest BCUT2D eigenvalue weighted by molar-refractivity contribution is 7.89. The van der Waals surface area contributed by atoms with Gasteiger partial charge in [-0.1, -0.05) is 43.0 Å². The quantitative estimate of drug-likeness (QED) is 0.572. The Balaban J connectivity index is 1.57. The lowest BCUT2D eigenvalue weighted by molar-refractivity contribution is 0.172. The van der Waals surface area contributed by atoms with Crippen LogP contribution in [0.2, 0.25) is 5.02 Å². The van der Waals surface area contributed by atoms with E-state index in [0.29, 0.717) is 35.8 Å². The molecule has 2 aromatic carbocycles. The molecule has 2 aliphatic rings. The number of fused-ring (bicyclic) bond motifs is 2. The standard InChI is InChI=1S/C24H25ClN2O5S/c25-19-8-4-5-9-23(19)33(29,30)27(18-6-2-1-3-7-18)15-17-12-16-13-21-22(32-11-10-31-21)14-20(16)26-24(17)28/h4-5,8-9,12-14,18H,1-3,6-7,10-11,15H2,(H,26,28). The Kier molecular flexibility index (Phi) is 6.07. The van der Waals surface area contributed by atoms with Crippen molar-refractivity contribution in [1.82, 2.24) is 9.29 Å². The number of nitrogens with zero attached hydrogens (tertiary/aromatic N) is 1. The Labute approximate surface area is 197 Å². The Morgan fingerprint density at radius 1 is 1.00 bits per heavy atom. The van der Waals surface area contributed by atoms with E-state index in [1.165, 1.54) is 10.4 Å². The molecule has 0 unspecified atom stereocenters. The fourth-order valence-corrected chi connectivity index (χ4v) is 6.79. The van der Waals surface area contributed by atoms with Crippen molar-refractivity contribution in [2.75, 3.05) is 13.2 Å². The van der Waals surface area contributed by atoms with Gasteiger partial charge in [0.1, 0.15) is 18.1 Å². The van der Waals surface area contributed by atoms with Gasteiger partial charge in [0.05, 0.1) is 10.5 Å². The molecule has 1 aromatic heterocycles. The molecular formula is C24H25ClN2O5S. The fraction of sp³-hybridized carbons (Fsp3) is 0.375. The first-order valence-corrected chi connectivity index (χ1v) is 13.0. The van der Waals surface area contributed by atoms with E-state index < -0.39 is 10.0 Å². The third kappa shape index (κ3) is 4.35. The highest BCUT2D eigenvalue weighted by Gasteiger charge is 2.34. The van der Waals surface area contributed by atoms with E-state index in [4.69, 9.17) is 21.1 Å². The van der Waals surface area contributed by atoms with Gasteiger partial charge < -0.3 is 14.5 Å². The summed E-state index contributed by atoms with van der Waals surface area (Å²) in [5.41, 5.74) is 0.668. The maximum absolute atomic E-state index is 13.7. The third-order valence-corrected chi connectivity index (χ3v) is 8.71. The topological polar surface area (TPSA) is 88.7 Å². The van der Waals surface area contributed by atoms with Crippen molar-refractivity contribution in [3.8, 4) is 11.5 Å². The van der Waals surface area contributed by atoms with Crippen LogP contribution in [0.1, 0.15) is 37.7 Å². The Bertz CT molecular complexity index is 1350. The molecule has 0 atom stereocenters. The smallest absolute Gasteiger partial charge is 0.252 e.